The van der Waals surface area contributed by atoms with Gasteiger partial charge in [-0.1, -0.05) is 33.3 Å². The maximum atomic E-state index is 13.1. The molecule has 7 nitrogen and oxygen atoms in total. The van der Waals surface area contributed by atoms with Crippen LogP contribution >= 0.6 is 27.3 Å². The monoisotopic (exact) mass is 494 g/mol. The van der Waals surface area contributed by atoms with Crippen LogP contribution in [-0.2, 0) is 11.3 Å². The van der Waals surface area contributed by atoms with Crippen LogP contribution < -0.4 is 4.90 Å². The number of nitro benzene ring substituents is 1. The van der Waals surface area contributed by atoms with Crippen LogP contribution in [0.2, 0.25) is 0 Å². The van der Waals surface area contributed by atoms with E-state index >= 15 is 0 Å². The highest BCUT2D eigenvalue weighted by atomic mass is 79.9. The standard InChI is InChI=1S/C22H15BrN4O3S/c23-16-7-10-19-20(13-16)31-22(25-19)26(14-17-3-1-2-12-24-17)21(28)11-6-15-4-8-18(9-5-15)27(29)30/h1-13H,14H2/b11-6+. The fourth-order valence-corrected chi connectivity index (χ4v) is 4.38. The Labute approximate surface area is 190 Å². The van der Waals surface area contributed by atoms with Gasteiger partial charge in [0, 0.05) is 28.9 Å². The maximum absolute atomic E-state index is 13.1. The molecule has 0 radical (unpaired) electrons. The second-order valence-corrected chi connectivity index (χ2v) is 8.46. The second-order valence-electron chi connectivity index (χ2n) is 6.54. The number of non-ortho nitro benzene ring substituents is 1. The largest absolute Gasteiger partial charge is 0.278 e. The lowest BCUT2D eigenvalue weighted by Gasteiger charge is -2.17. The smallest absolute Gasteiger partial charge is 0.269 e. The van der Waals surface area contributed by atoms with Crippen LogP contribution in [0.15, 0.2) is 77.4 Å². The first-order valence-corrected chi connectivity index (χ1v) is 10.8. The quantitative estimate of drug-likeness (QED) is 0.197. The Balaban J connectivity index is 1.64. The zero-order valence-corrected chi connectivity index (χ0v) is 18.4. The summed E-state index contributed by atoms with van der Waals surface area (Å²) in [6.07, 6.45) is 4.74. The molecular formula is C22H15BrN4O3S. The van der Waals surface area contributed by atoms with Gasteiger partial charge in [0.05, 0.1) is 27.4 Å². The molecule has 0 aliphatic carbocycles. The lowest BCUT2D eigenvalue weighted by atomic mass is 10.2. The maximum Gasteiger partial charge on any atom is 0.269 e. The highest BCUT2D eigenvalue weighted by molar-refractivity contribution is 9.10. The minimum absolute atomic E-state index is 0.000825. The zero-order chi connectivity index (χ0) is 21.8. The number of hydrogen-bond acceptors (Lipinski definition) is 6. The summed E-state index contributed by atoms with van der Waals surface area (Å²) in [6.45, 7) is 0.269. The van der Waals surface area contributed by atoms with Crippen molar-refractivity contribution in [3.8, 4) is 0 Å². The van der Waals surface area contributed by atoms with Gasteiger partial charge in [-0.3, -0.25) is 24.8 Å². The highest BCUT2D eigenvalue weighted by Crippen LogP contribution is 2.31. The number of amides is 1. The van der Waals surface area contributed by atoms with Crippen LogP contribution in [0.1, 0.15) is 11.3 Å². The predicted molar refractivity (Wildman–Crippen MR) is 125 cm³/mol. The molecule has 2 aromatic carbocycles. The SMILES string of the molecule is O=C(/C=C/c1ccc([N+](=O)[O-])cc1)N(Cc1ccccn1)c1nc2ccc(Br)cc2s1. The number of carbonyl (C=O) groups is 1. The molecule has 0 spiro atoms. The molecule has 1 amide bonds. The van der Waals surface area contributed by atoms with Crippen LogP contribution in [0, 0.1) is 10.1 Å². The van der Waals surface area contributed by atoms with Gasteiger partial charge in [0.1, 0.15) is 0 Å². The number of carbonyl (C=O) groups excluding carboxylic acids is 1. The van der Waals surface area contributed by atoms with E-state index in [1.165, 1.54) is 29.5 Å². The number of thiazole rings is 1. The van der Waals surface area contributed by atoms with Crippen molar-refractivity contribution in [3.63, 3.8) is 0 Å². The summed E-state index contributed by atoms with van der Waals surface area (Å²) < 4.78 is 1.90. The third-order valence-corrected chi connectivity index (χ3v) is 5.94. The molecule has 0 atom stereocenters. The summed E-state index contributed by atoms with van der Waals surface area (Å²) in [5.41, 5.74) is 2.23. The van der Waals surface area contributed by atoms with E-state index in [9.17, 15) is 14.9 Å². The van der Waals surface area contributed by atoms with Crippen LogP contribution in [-0.4, -0.2) is 20.8 Å². The van der Waals surface area contributed by atoms with Crippen molar-refractivity contribution >= 4 is 60.3 Å². The molecule has 0 aliphatic heterocycles. The number of hydrogen-bond donors (Lipinski definition) is 0. The van der Waals surface area contributed by atoms with E-state index in [0.717, 1.165) is 20.4 Å². The molecular weight excluding hydrogens is 480 g/mol. The minimum Gasteiger partial charge on any atom is -0.278 e. The molecule has 0 unspecified atom stereocenters. The zero-order valence-electron chi connectivity index (χ0n) is 16.0. The van der Waals surface area contributed by atoms with Gasteiger partial charge in [-0.25, -0.2) is 4.98 Å². The Morgan fingerprint density at radius 3 is 2.68 bits per heavy atom. The summed E-state index contributed by atoms with van der Waals surface area (Å²) >= 11 is 4.88. The number of halogens is 1. The summed E-state index contributed by atoms with van der Waals surface area (Å²) in [6, 6.07) is 17.3. The van der Waals surface area contributed by atoms with E-state index in [4.69, 9.17) is 0 Å². The lowest BCUT2D eigenvalue weighted by Crippen LogP contribution is -2.29. The van der Waals surface area contributed by atoms with Crippen LogP contribution in [0.5, 0.6) is 0 Å². The highest BCUT2D eigenvalue weighted by Gasteiger charge is 2.19. The van der Waals surface area contributed by atoms with Crippen molar-refractivity contribution in [3.05, 3.63) is 98.8 Å². The van der Waals surface area contributed by atoms with E-state index in [1.807, 2.05) is 36.4 Å². The number of fused-ring (bicyclic) bond motifs is 1. The van der Waals surface area contributed by atoms with Gasteiger partial charge in [-0.05, 0) is 54.1 Å². The van der Waals surface area contributed by atoms with Crippen molar-refractivity contribution < 1.29 is 9.72 Å². The number of anilines is 1. The number of pyridine rings is 1. The van der Waals surface area contributed by atoms with Crippen molar-refractivity contribution in [1.82, 2.24) is 9.97 Å². The molecule has 0 fully saturated rings. The molecule has 2 heterocycles. The van der Waals surface area contributed by atoms with E-state index in [-0.39, 0.29) is 18.1 Å². The van der Waals surface area contributed by atoms with E-state index in [2.05, 4.69) is 25.9 Å². The molecule has 31 heavy (non-hydrogen) atoms. The average molecular weight is 495 g/mol. The first-order valence-electron chi connectivity index (χ1n) is 9.19. The van der Waals surface area contributed by atoms with Crippen molar-refractivity contribution in [2.45, 2.75) is 6.54 Å². The first kappa shape index (κ1) is 20.8. The van der Waals surface area contributed by atoms with Crippen molar-refractivity contribution in [1.29, 1.82) is 0 Å². The molecule has 0 saturated heterocycles. The van der Waals surface area contributed by atoms with E-state index < -0.39 is 4.92 Å². The molecule has 0 N–H and O–H groups in total. The summed E-state index contributed by atoms with van der Waals surface area (Å²) in [5.74, 6) is -0.262. The Kier molecular flexibility index (Phi) is 6.15. The number of benzene rings is 2. The molecule has 154 valence electrons. The average Bonchev–Trinajstić information content (AvgIpc) is 3.19. The Morgan fingerprint density at radius 1 is 1.16 bits per heavy atom. The summed E-state index contributed by atoms with van der Waals surface area (Å²) in [4.78, 5) is 34.0. The van der Waals surface area contributed by atoms with E-state index in [0.29, 0.717) is 10.7 Å². The van der Waals surface area contributed by atoms with Gasteiger partial charge in [0.25, 0.3) is 11.6 Å². The van der Waals surface area contributed by atoms with Gasteiger partial charge in [0.15, 0.2) is 5.13 Å². The Bertz CT molecular complexity index is 1270. The first-order chi connectivity index (χ1) is 15.0. The Hall–Kier alpha value is -3.43. The number of nitro groups is 1. The van der Waals surface area contributed by atoms with Crippen molar-refractivity contribution in [2.24, 2.45) is 0 Å². The fourth-order valence-electron chi connectivity index (χ4n) is 2.86. The predicted octanol–water partition coefficient (Wildman–Crippen LogP) is 5.61. The van der Waals surface area contributed by atoms with Crippen LogP contribution in [0.4, 0.5) is 10.8 Å². The van der Waals surface area contributed by atoms with Gasteiger partial charge in [-0.15, -0.1) is 0 Å². The number of aromatic nitrogens is 2. The molecule has 4 rings (SSSR count). The molecule has 4 aromatic rings. The molecule has 2 aromatic heterocycles. The minimum atomic E-state index is -0.460. The molecule has 9 heteroatoms. The third kappa shape index (κ3) is 5.01. The third-order valence-electron chi connectivity index (χ3n) is 4.40. The fraction of sp³-hybridized carbons (Fsp3) is 0.0455. The van der Waals surface area contributed by atoms with Gasteiger partial charge >= 0.3 is 0 Å². The lowest BCUT2D eigenvalue weighted by molar-refractivity contribution is -0.384. The number of rotatable bonds is 6. The number of nitrogens with zero attached hydrogens (tertiary/aromatic N) is 4. The van der Waals surface area contributed by atoms with Crippen LogP contribution in [0.25, 0.3) is 16.3 Å². The molecule has 0 aliphatic rings. The normalized spacial score (nSPS) is 11.1. The second kappa shape index (κ2) is 9.15. The summed E-state index contributed by atoms with van der Waals surface area (Å²) in [7, 11) is 0. The Morgan fingerprint density at radius 2 is 1.97 bits per heavy atom. The van der Waals surface area contributed by atoms with E-state index in [1.54, 1.807) is 29.3 Å². The van der Waals surface area contributed by atoms with Crippen molar-refractivity contribution in [2.75, 3.05) is 4.90 Å². The summed E-state index contributed by atoms with van der Waals surface area (Å²) in [5, 5.41) is 11.4. The van der Waals surface area contributed by atoms with Crippen LogP contribution in [0.3, 0.4) is 0 Å². The topological polar surface area (TPSA) is 89.2 Å². The van der Waals surface area contributed by atoms with Gasteiger partial charge < -0.3 is 0 Å². The molecule has 0 bridgehead atoms. The molecule has 0 saturated carbocycles. The van der Waals surface area contributed by atoms with Gasteiger partial charge in [-0.2, -0.15) is 0 Å². The van der Waals surface area contributed by atoms with Gasteiger partial charge in [0.2, 0.25) is 0 Å².